The van der Waals surface area contributed by atoms with E-state index in [4.69, 9.17) is 4.74 Å². The molecule has 1 aromatic rings. The van der Waals surface area contributed by atoms with Gasteiger partial charge >= 0.3 is 0 Å². The Labute approximate surface area is 167 Å². The number of para-hydroxylation sites is 2. The molecular formula is C23H32N2O3. The molecule has 1 aromatic carbocycles. The lowest BCUT2D eigenvalue weighted by molar-refractivity contribution is -0.146. The van der Waals surface area contributed by atoms with Crippen LogP contribution in [0, 0.1) is 23.2 Å². The molecule has 2 N–H and O–H groups in total. The van der Waals surface area contributed by atoms with Crippen molar-refractivity contribution in [2.24, 2.45) is 23.2 Å². The molecule has 0 aromatic heterocycles. The summed E-state index contributed by atoms with van der Waals surface area (Å²) in [5.41, 5.74) is 0.541. The fourth-order valence-electron chi connectivity index (χ4n) is 5.99. The highest BCUT2D eigenvalue weighted by Gasteiger charge is 2.54. The highest BCUT2D eigenvalue weighted by atomic mass is 16.5. The highest BCUT2D eigenvalue weighted by molar-refractivity contribution is 5.92. The van der Waals surface area contributed by atoms with Crippen molar-refractivity contribution in [1.29, 1.82) is 0 Å². The molecule has 5 nitrogen and oxygen atoms in total. The zero-order valence-electron chi connectivity index (χ0n) is 16.8. The molecule has 0 spiro atoms. The molecule has 152 valence electrons. The van der Waals surface area contributed by atoms with Gasteiger partial charge in [0.15, 0.2) is 0 Å². The van der Waals surface area contributed by atoms with Gasteiger partial charge in [-0.05, 0) is 74.8 Å². The molecule has 0 heterocycles. The number of rotatable bonds is 8. The first-order chi connectivity index (χ1) is 13.6. The average molecular weight is 385 g/mol. The summed E-state index contributed by atoms with van der Waals surface area (Å²) in [6.07, 6.45) is 8.34. The van der Waals surface area contributed by atoms with Crippen LogP contribution in [-0.4, -0.2) is 25.0 Å². The first-order valence-electron chi connectivity index (χ1n) is 10.9. The van der Waals surface area contributed by atoms with Crippen LogP contribution >= 0.6 is 0 Å². The third kappa shape index (κ3) is 4.03. The maximum atomic E-state index is 12.9. The van der Waals surface area contributed by atoms with E-state index in [1.165, 1.54) is 19.3 Å². The maximum absolute atomic E-state index is 12.9. The van der Waals surface area contributed by atoms with Crippen molar-refractivity contribution < 1.29 is 14.3 Å². The minimum absolute atomic E-state index is 0.0987. The van der Waals surface area contributed by atoms with Crippen molar-refractivity contribution in [2.45, 2.75) is 58.3 Å². The molecule has 4 fully saturated rings. The van der Waals surface area contributed by atoms with Crippen LogP contribution in [0.15, 0.2) is 24.3 Å². The molecule has 4 bridgehead atoms. The lowest BCUT2D eigenvalue weighted by Crippen LogP contribution is -2.53. The minimum Gasteiger partial charge on any atom is -0.491 e. The molecule has 28 heavy (non-hydrogen) atoms. The van der Waals surface area contributed by atoms with Gasteiger partial charge in [0.1, 0.15) is 5.75 Å². The molecule has 2 amide bonds. The Balaban J connectivity index is 1.26. The Hall–Kier alpha value is -2.04. The number of carbonyl (C=O) groups excluding carboxylic acids is 2. The molecule has 4 saturated carbocycles. The van der Waals surface area contributed by atoms with Crippen LogP contribution in [0.5, 0.6) is 5.75 Å². The summed E-state index contributed by atoms with van der Waals surface area (Å²) in [5.74, 6) is 3.03. The zero-order chi connectivity index (χ0) is 19.6. The Bertz CT molecular complexity index is 695. The lowest BCUT2D eigenvalue weighted by atomic mass is 9.49. The van der Waals surface area contributed by atoms with Crippen LogP contribution in [0.2, 0.25) is 0 Å². The van der Waals surface area contributed by atoms with E-state index in [1.807, 2.05) is 31.2 Å². The van der Waals surface area contributed by atoms with Gasteiger partial charge in [-0.25, -0.2) is 0 Å². The number of ether oxygens (including phenoxy) is 1. The topological polar surface area (TPSA) is 67.4 Å². The molecule has 5 heteroatoms. The fraction of sp³-hybridized carbons (Fsp3) is 0.652. The van der Waals surface area contributed by atoms with E-state index in [0.29, 0.717) is 24.6 Å². The molecule has 4 aliphatic rings. The zero-order valence-corrected chi connectivity index (χ0v) is 16.8. The van der Waals surface area contributed by atoms with Crippen molar-refractivity contribution >= 4 is 17.5 Å². The second-order valence-corrected chi connectivity index (χ2v) is 9.10. The molecule has 5 rings (SSSR count). The van der Waals surface area contributed by atoms with Gasteiger partial charge < -0.3 is 15.4 Å². The number of carbonyl (C=O) groups is 2. The first-order valence-corrected chi connectivity index (χ1v) is 10.9. The van der Waals surface area contributed by atoms with E-state index in [1.54, 1.807) is 0 Å². The van der Waals surface area contributed by atoms with E-state index in [-0.39, 0.29) is 23.7 Å². The Kier molecular flexibility index (Phi) is 5.61. The summed E-state index contributed by atoms with van der Waals surface area (Å²) in [6.45, 7) is 3.06. The standard InChI is InChI=1S/C23H32N2O3/c1-2-9-28-20-6-4-3-5-19(20)25-21(26)7-8-24-22(27)23-13-16-10-17(14-23)12-18(11-16)15-23/h3-6,16-18H,2,7-15H2,1H3,(H,24,27)(H,25,26). The molecule has 0 atom stereocenters. The van der Waals surface area contributed by atoms with Crippen molar-refractivity contribution in [3.63, 3.8) is 0 Å². The maximum Gasteiger partial charge on any atom is 0.226 e. The summed E-state index contributed by atoms with van der Waals surface area (Å²) >= 11 is 0. The second kappa shape index (κ2) is 8.14. The number of nitrogens with one attached hydrogen (secondary N) is 2. The third-order valence-electron chi connectivity index (χ3n) is 6.78. The summed E-state index contributed by atoms with van der Waals surface area (Å²) in [4.78, 5) is 25.3. The van der Waals surface area contributed by atoms with Gasteiger partial charge in [-0.1, -0.05) is 19.1 Å². The average Bonchev–Trinajstić information content (AvgIpc) is 2.66. The molecule has 0 saturated heterocycles. The van der Waals surface area contributed by atoms with Gasteiger partial charge in [0, 0.05) is 18.4 Å². The van der Waals surface area contributed by atoms with E-state index in [9.17, 15) is 9.59 Å². The van der Waals surface area contributed by atoms with Crippen molar-refractivity contribution in [2.75, 3.05) is 18.5 Å². The predicted octanol–water partition coefficient (Wildman–Crippen LogP) is 4.14. The SMILES string of the molecule is CCCOc1ccccc1NC(=O)CCNC(=O)C12CC3CC(CC(C3)C1)C2. The highest BCUT2D eigenvalue weighted by Crippen LogP contribution is 2.60. The normalized spacial score (nSPS) is 30.1. The lowest BCUT2D eigenvalue weighted by Gasteiger charge is -2.55. The van der Waals surface area contributed by atoms with Crippen molar-refractivity contribution in [3.8, 4) is 5.75 Å². The minimum atomic E-state index is -0.147. The monoisotopic (exact) mass is 384 g/mol. The van der Waals surface area contributed by atoms with E-state index in [2.05, 4.69) is 10.6 Å². The number of hydrogen-bond donors (Lipinski definition) is 2. The number of anilines is 1. The van der Waals surface area contributed by atoms with E-state index in [0.717, 1.165) is 43.4 Å². The van der Waals surface area contributed by atoms with Gasteiger partial charge in [-0.3, -0.25) is 9.59 Å². The predicted molar refractivity (Wildman–Crippen MR) is 109 cm³/mol. The van der Waals surface area contributed by atoms with Crippen LogP contribution < -0.4 is 15.4 Å². The third-order valence-corrected chi connectivity index (χ3v) is 6.78. The van der Waals surface area contributed by atoms with Crippen molar-refractivity contribution in [1.82, 2.24) is 5.32 Å². The number of amides is 2. The molecule has 0 unspecified atom stereocenters. The molecule has 0 radical (unpaired) electrons. The van der Waals surface area contributed by atoms with E-state index >= 15 is 0 Å². The van der Waals surface area contributed by atoms with Crippen molar-refractivity contribution in [3.05, 3.63) is 24.3 Å². The summed E-state index contributed by atoms with van der Waals surface area (Å²) in [6, 6.07) is 7.48. The number of hydrogen-bond acceptors (Lipinski definition) is 3. The molecule has 4 aliphatic carbocycles. The largest absolute Gasteiger partial charge is 0.491 e. The summed E-state index contributed by atoms with van der Waals surface area (Å²) < 4.78 is 5.68. The van der Waals surface area contributed by atoms with Gasteiger partial charge in [0.2, 0.25) is 11.8 Å². The van der Waals surface area contributed by atoms with Crippen LogP contribution in [-0.2, 0) is 9.59 Å². The Morgan fingerprint density at radius 3 is 2.36 bits per heavy atom. The van der Waals surface area contributed by atoms with Crippen LogP contribution in [0.1, 0.15) is 58.3 Å². The van der Waals surface area contributed by atoms with Gasteiger partial charge in [-0.15, -0.1) is 0 Å². The van der Waals surface area contributed by atoms with Crippen LogP contribution in [0.25, 0.3) is 0 Å². The number of benzene rings is 1. The fourth-order valence-corrected chi connectivity index (χ4v) is 5.99. The quantitative estimate of drug-likeness (QED) is 0.708. The van der Waals surface area contributed by atoms with Gasteiger partial charge in [0.05, 0.1) is 12.3 Å². The summed E-state index contributed by atoms with van der Waals surface area (Å²) in [5, 5.41) is 5.99. The first kappa shape index (κ1) is 19.3. The van der Waals surface area contributed by atoms with E-state index < -0.39 is 0 Å². The Morgan fingerprint density at radius 1 is 1.07 bits per heavy atom. The van der Waals surface area contributed by atoms with Crippen LogP contribution in [0.3, 0.4) is 0 Å². The molecular weight excluding hydrogens is 352 g/mol. The smallest absolute Gasteiger partial charge is 0.226 e. The summed E-state index contributed by atoms with van der Waals surface area (Å²) in [7, 11) is 0. The second-order valence-electron chi connectivity index (χ2n) is 9.10. The molecule has 0 aliphatic heterocycles. The van der Waals surface area contributed by atoms with Crippen LogP contribution in [0.4, 0.5) is 5.69 Å². The van der Waals surface area contributed by atoms with Gasteiger partial charge in [-0.2, -0.15) is 0 Å². The van der Waals surface area contributed by atoms with Gasteiger partial charge in [0.25, 0.3) is 0 Å². The Morgan fingerprint density at radius 2 is 1.71 bits per heavy atom.